The summed E-state index contributed by atoms with van der Waals surface area (Å²) in [5.41, 5.74) is 1.21. The van der Waals surface area contributed by atoms with Crippen LogP contribution in [0.2, 0.25) is 0 Å². The zero-order valence-electron chi connectivity index (χ0n) is 12.6. The van der Waals surface area contributed by atoms with Gasteiger partial charge in [0.2, 0.25) is 0 Å². The lowest BCUT2D eigenvalue weighted by atomic mass is 10.1. The summed E-state index contributed by atoms with van der Waals surface area (Å²) in [6.45, 7) is 5.34. The van der Waals surface area contributed by atoms with Gasteiger partial charge in [-0.2, -0.15) is 0 Å². The van der Waals surface area contributed by atoms with E-state index >= 15 is 0 Å². The molecule has 1 aromatic heterocycles. The van der Waals surface area contributed by atoms with Crippen molar-refractivity contribution in [2.24, 2.45) is 0 Å². The molecule has 1 N–H and O–H groups in total. The number of nitrogens with one attached hydrogen (secondary N) is 1. The molecule has 0 aliphatic carbocycles. The summed E-state index contributed by atoms with van der Waals surface area (Å²) in [7, 11) is 3.82. The van der Waals surface area contributed by atoms with E-state index in [0.717, 1.165) is 38.5 Å². The maximum atomic E-state index is 5.66. The van der Waals surface area contributed by atoms with E-state index in [2.05, 4.69) is 35.2 Å². The second-order valence-corrected chi connectivity index (χ2v) is 5.20. The molecular formula is C15H25N3O2. The summed E-state index contributed by atoms with van der Waals surface area (Å²) in [4.78, 5) is 6.81. The number of aromatic nitrogens is 1. The molecule has 2 atom stereocenters. The lowest BCUT2D eigenvalue weighted by Gasteiger charge is -2.29. The Kier molecular flexibility index (Phi) is 5.76. The zero-order valence-corrected chi connectivity index (χ0v) is 12.6. The van der Waals surface area contributed by atoms with Crippen LogP contribution in [0.3, 0.4) is 0 Å². The summed E-state index contributed by atoms with van der Waals surface area (Å²) in [5, 5.41) is 3.38. The molecule has 2 heterocycles. The monoisotopic (exact) mass is 279 g/mol. The zero-order chi connectivity index (χ0) is 14.4. The second kappa shape index (κ2) is 7.57. The lowest BCUT2D eigenvalue weighted by molar-refractivity contribution is 0.118. The molecule has 0 amide bonds. The highest BCUT2D eigenvalue weighted by Gasteiger charge is 2.29. The number of nitrogens with zero attached hydrogens (tertiary/aromatic N) is 2. The van der Waals surface area contributed by atoms with Crippen molar-refractivity contribution in [3.05, 3.63) is 23.9 Å². The molecule has 0 aromatic carbocycles. The molecule has 0 saturated carbocycles. The van der Waals surface area contributed by atoms with Crippen LogP contribution in [-0.4, -0.2) is 51.0 Å². The van der Waals surface area contributed by atoms with Gasteiger partial charge in [0.15, 0.2) is 0 Å². The van der Waals surface area contributed by atoms with Gasteiger partial charge in [-0.3, -0.25) is 0 Å². The van der Waals surface area contributed by atoms with Crippen LogP contribution in [0, 0.1) is 0 Å². The fourth-order valence-electron chi connectivity index (χ4n) is 2.67. The van der Waals surface area contributed by atoms with Crippen molar-refractivity contribution < 1.29 is 9.47 Å². The summed E-state index contributed by atoms with van der Waals surface area (Å²) in [5.74, 6) is 1.04. The third-order valence-electron chi connectivity index (χ3n) is 3.83. The molecule has 0 radical (unpaired) electrons. The number of hydrogen-bond acceptors (Lipinski definition) is 5. The van der Waals surface area contributed by atoms with E-state index in [1.165, 1.54) is 5.56 Å². The summed E-state index contributed by atoms with van der Waals surface area (Å²) in [6.07, 6.45) is 3.17. The molecule has 1 aromatic rings. The Balaban J connectivity index is 2.02. The van der Waals surface area contributed by atoms with E-state index in [1.54, 1.807) is 7.11 Å². The Hall–Kier alpha value is -1.17. The predicted octanol–water partition coefficient (Wildman–Crippen LogP) is 1.43. The van der Waals surface area contributed by atoms with Crippen molar-refractivity contribution >= 4 is 5.82 Å². The first kappa shape index (κ1) is 15.2. The van der Waals surface area contributed by atoms with Crippen molar-refractivity contribution in [2.75, 3.05) is 38.8 Å². The van der Waals surface area contributed by atoms with Crippen LogP contribution in [0.5, 0.6) is 0 Å². The van der Waals surface area contributed by atoms with Crippen molar-refractivity contribution in [1.82, 2.24) is 10.3 Å². The van der Waals surface area contributed by atoms with Crippen LogP contribution >= 0.6 is 0 Å². The molecule has 1 aliphatic rings. The Labute approximate surface area is 121 Å². The third kappa shape index (κ3) is 3.69. The molecule has 1 saturated heterocycles. The summed E-state index contributed by atoms with van der Waals surface area (Å²) < 4.78 is 10.7. The molecule has 5 heteroatoms. The molecule has 1 fully saturated rings. The van der Waals surface area contributed by atoms with Crippen molar-refractivity contribution in [2.45, 2.75) is 32.0 Å². The third-order valence-corrected chi connectivity index (χ3v) is 3.83. The molecule has 0 bridgehead atoms. The molecular weight excluding hydrogens is 254 g/mol. The van der Waals surface area contributed by atoms with Gasteiger partial charge in [-0.1, -0.05) is 6.07 Å². The Morgan fingerprint density at radius 3 is 3.10 bits per heavy atom. The van der Waals surface area contributed by atoms with Gasteiger partial charge in [0.05, 0.1) is 18.8 Å². The van der Waals surface area contributed by atoms with E-state index in [0.29, 0.717) is 6.04 Å². The fraction of sp³-hybridized carbons (Fsp3) is 0.667. The molecule has 20 heavy (non-hydrogen) atoms. The van der Waals surface area contributed by atoms with Gasteiger partial charge in [0.1, 0.15) is 5.82 Å². The highest BCUT2D eigenvalue weighted by Crippen LogP contribution is 2.25. The number of pyridine rings is 1. The molecule has 0 spiro atoms. The minimum atomic E-state index is 0.260. The van der Waals surface area contributed by atoms with Gasteiger partial charge in [-0.25, -0.2) is 4.98 Å². The van der Waals surface area contributed by atoms with E-state index in [4.69, 9.17) is 9.47 Å². The normalized spacial score (nSPS) is 22.1. The van der Waals surface area contributed by atoms with Gasteiger partial charge in [0.25, 0.3) is 0 Å². The first-order valence-corrected chi connectivity index (χ1v) is 7.22. The molecule has 2 rings (SSSR count). The Bertz CT molecular complexity index is 414. The van der Waals surface area contributed by atoms with E-state index in [1.807, 2.05) is 12.3 Å². The smallest absolute Gasteiger partial charge is 0.133 e. The fourth-order valence-corrected chi connectivity index (χ4v) is 2.67. The maximum Gasteiger partial charge on any atom is 0.133 e. The van der Waals surface area contributed by atoms with Gasteiger partial charge in [-0.05, 0) is 19.4 Å². The van der Waals surface area contributed by atoms with E-state index in [-0.39, 0.29) is 6.10 Å². The number of rotatable bonds is 7. The van der Waals surface area contributed by atoms with Crippen LogP contribution < -0.4 is 10.2 Å². The minimum Gasteiger partial charge on any atom is -0.383 e. The molecule has 2 unspecified atom stereocenters. The SMILES string of the molecule is COCCNCc1cccnc1N(C)C1CCOC1C. The van der Waals surface area contributed by atoms with Gasteiger partial charge >= 0.3 is 0 Å². The van der Waals surface area contributed by atoms with Gasteiger partial charge in [0, 0.05) is 45.6 Å². The Morgan fingerprint density at radius 1 is 1.55 bits per heavy atom. The molecule has 1 aliphatic heterocycles. The second-order valence-electron chi connectivity index (χ2n) is 5.20. The number of likely N-dealkylation sites (N-methyl/N-ethyl adjacent to an activating group) is 1. The molecule has 112 valence electrons. The first-order chi connectivity index (χ1) is 9.74. The summed E-state index contributed by atoms with van der Waals surface area (Å²) in [6, 6.07) is 4.51. The number of hydrogen-bond donors (Lipinski definition) is 1. The van der Waals surface area contributed by atoms with E-state index in [9.17, 15) is 0 Å². The average Bonchev–Trinajstić information content (AvgIpc) is 2.89. The largest absolute Gasteiger partial charge is 0.383 e. The van der Waals surface area contributed by atoms with Crippen LogP contribution in [0.1, 0.15) is 18.9 Å². The summed E-state index contributed by atoms with van der Waals surface area (Å²) >= 11 is 0. The first-order valence-electron chi connectivity index (χ1n) is 7.22. The van der Waals surface area contributed by atoms with Crippen molar-refractivity contribution in [3.8, 4) is 0 Å². The minimum absolute atomic E-state index is 0.260. The van der Waals surface area contributed by atoms with E-state index < -0.39 is 0 Å². The van der Waals surface area contributed by atoms with Gasteiger partial charge in [-0.15, -0.1) is 0 Å². The average molecular weight is 279 g/mol. The Morgan fingerprint density at radius 2 is 2.40 bits per heavy atom. The van der Waals surface area contributed by atoms with Crippen molar-refractivity contribution in [1.29, 1.82) is 0 Å². The number of methoxy groups -OCH3 is 1. The molecule has 5 nitrogen and oxygen atoms in total. The van der Waals surface area contributed by atoms with Gasteiger partial charge < -0.3 is 19.7 Å². The van der Waals surface area contributed by atoms with Crippen molar-refractivity contribution in [3.63, 3.8) is 0 Å². The maximum absolute atomic E-state index is 5.66. The van der Waals surface area contributed by atoms with Crippen LogP contribution in [0.15, 0.2) is 18.3 Å². The topological polar surface area (TPSA) is 46.6 Å². The number of anilines is 1. The van der Waals surface area contributed by atoms with Crippen LogP contribution in [0.25, 0.3) is 0 Å². The lowest BCUT2D eigenvalue weighted by Crippen LogP contribution is -2.38. The van der Waals surface area contributed by atoms with Crippen LogP contribution in [0.4, 0.5) is 5.82 Å². The quantitative estimate of drug-likeness (QED) is 0.765. The standard InChI is InChI=1S/C15H25N3O2/c1-12-14(6-9-20-12)18(2)15-13(5-4-7-17-15)11-16-8-10-19-3/h4-5,7,12,14,16H,6,8-11H2,1-3H3. The highest BCUT2D eigenvalue weighted by atomic mass is 16.5. The van der Waals surface area contributed by atoms with Crippen LogP contribution in [-0.2, 0) is 16.0 Å². The predicted molar refractivity (Wildman–Crippen MR) is 80.0 cm³/mol. The number of ether oxygens (including phenoxy) is 2. The highest BCUT2D eigenvalue weighted by molar-refractivity contribution is 5.47.